The molecule has 0 atom stereocenters. The third kappa shape index (κ3) is 2.98. The number of benzene rings is 1. The van der Waals surface area contributed by atoms with Crippen molar-refractivity contribution in [1.82, 2.24) is 9.88 Å². The molecule has 0 bridgehead atoms. The van der Waals surface area contributed by atoms with Crippen LogP contribution in [-0.2, 0) is 9.84 Å². The highest BCUT2D eigenvalue weighted by Crippen LogP contribution is 2.30. The van der Waals surface area contributed by atoms with E-state index >= 15 is 0 Å². The topological polar surface area (TPSA) is 79.5 Å². The van der Waals surface area contributed by atoms with Gasteiger partial charge < -0.3 is 14.6 Å². The number of H-pyrrole nitrogens is 1. The van der Waals surface area contributed by atoms with E-state index in [4.69, 9.17) is 4.74 Å². The second kappa shape index (κ2) is 6.61. The lowest BCUT2D eigenvalue weighted by atomic mass is 10.0. The van der Waals surface area contributed by atoms with Gasteiger partial charge in [-0.3, -0.25) is 4.79 Å². The first kappa shape index (κ1) is 17.4. The maximum atomic E-state index is 12.7. The molecule has 6 nitrogen and oxygen atoms in total. The highest BCUT2D eigenvalue weighted by molar-refractivity contribution is 7.92. The van der Waals surface area contributed by atoms with E-state index in [1.165, 1.54) is 0 Å². The van der Waals surface area contributed by atoms with E-state index in [0.717, 1.165) is 48.8 Å². The minimum atomic E-state index is -3.13. The van der Waals surface area contributed by atoms with Gasteiger partial charge in [0.1, 0.15) is 11.4 Å². The molecule has 1 aliphatic carbocycles. The van der Waals surface area contributed by atoms with E-state index in [0.29, 0.717) is 18.8 Å². The van der Waals surface area contributed by atoms with Crippen LogP contribution in [-0.4, -0.2) is 54.9 Å². The van der Waals surface area contributed by atoms with Crippen LogP contribution in [0, 0.1) is 0 Å². The number of carbonyl (C=O) groups excluding carboxylic acids is 1. The summed E-state index contributed by atoms with van der Waals surface area (Å²) < 4.78 is 30.6. The predicted molar refractivity (Wildman–Crippen MR) is 100 cm³/mol. The number of hydrogen-bond acceptors (Lipinski definition) is 4. The summed E-state index contributed by atoms with van der Waals surface area (Å²) in [4.78, 5) is 17.4. The number of carbonyl (C=O) groups is 1. The monoisotopic (exact) mass is 376 g/mol. The normalized spacial score (nSPS) is 19.5. The smallest absolute Gasteiger partial charge is 0.270 e. The van der Waals surface area contributed by atoms with E-state index in [-0.39, 0.29) is 11.2 Å². The number of hydrogen-bond donors (Lipinski definition) is 1. The fourth-order valence-corrected chi connectivity index (χ4v) is 6.31. The first-order chi connectivity index (χ1) is 12.5. The van der Waals surface area contributed by atoms with Crippen molar-refractivity contribution >= 4 is 26.6 Å². The molecule has 26 heavy (non-hydrogen) atoms. The highest BCUT2D eigenvalue weighted by Gasteiger charge is 2.44. The van der Waals surface area contributed by atoms with E-state index in [9.17, 15) is 13.2 Å². The number of rotatable bonds is 4. The summed E-state index contributed by atoms with van der Waals surface area (Å²) in [5, 5.41) is 0.319. The van der Waals surface area contributed by atoms with Crippen molar-refractivity contribution in [3.63, 3.8) is 0 Å². The van der Waals surface area contributed by atoms with Crippen LogP contribution in [0.4, 0.5) is 0 Å². The van der Waals surface area contributed by atoms with Crippen LogP contribution in [0.5, 0.6) is 5.75 Å². The third-order valence-corrected chi connectivity index (χ3v) is 8.30. The molecule has 2 aromatic rings. The summed E-state index contributed by atoms with van der Waals surface area (Å²) in [7, 11) is -1.53. The quantitative estimate of drug-likeness (QED) is 0.890. The molecule has 1 N–H and O–H groups in total. The summed E-state index contributed by atoms with van der Waals surface area (Å²) in [6.45, 7) is 0.604. The van der Waals surface area contributed by atoms with Gasteiger partial charge in [0.25, 0.3) is 5.91 Å². The average Bonchev–Trinajstić information content (AvgIpc) is 3.04. The number of methoxy groups -OCH3 is 1. The number of fused-ring (bicyclic) bond motifs is 1. The number of nitrogens with one attached hydrogen (secondary N) is 1. The molecule has 7 heteroatoms. The number of ether oxygens (including phenoxy) is 1. The Hall–Kier alpha value is -2.02. The Morgan fingerprint density at radius 1 is 1.12 bits per heavy atom. The Bertz CT molecular complexity index is 922. The first-order valence-corrected chi connectivity index (χ1v) is 10.8. The largest absolute Gasteiger partial charge is 0.497 e. The maximum absolute atomic E-state index is 12.7. The van der Waals surface area contributed by atoms with Crippen molar-refractivity contribution < 1.29 is 17.9 Å². The van der Waals surface area contributed by atoms with Crippen molar-refractivity contribution in [2.75, 3.05) is 20.2 Å². The van der Waals surface area contributed by atoms with Crippen molar-refractivity contribution in [2.24, 2.45) is 0 Å². The average molecular weight is 376 g/mol. The number of sulfone groups is 1. The van der Waals surface area contributed by atoms with Crippen molar-refractivity contribution in [3.8, 4) is 5.75 Å². The third-order valence-electron chi connectivity index (χ3n) is 5.68. The summed E-state index contributed by atoms with van der Waals surface area (Å²) in [6, 6.07) is 7.40. The molecule has 4 rings (SSSR count). The molecule has 0 unspecified atom stereocenters. The zero-order valence-corrected chi connectivity index (χ0v) is 15.7. The van der Waals surface area contributed by atoms with Gasteiger partial charge in [-0.1, -0.05) is 19.3 Å². The van der Waals surface area contributed by atoms with Crippen LogP contribution in [0.2, 0.25) is 0 Å². The van der Waals surface area contributed by atoms with Gasteiger partial charge in [0.05, 0.1) is 17.6 Å². The molecular weight excluding hydrogens is 352 g/mol. The summed E-state index contributed by atoms with van der Waals surface area (Å²) >= 11 is 0. The molecule has 0 spiro atoms. The SMILES string of the molecule is COc1ccc2cc(C(=O)N3CC(S(=O)(=O)C4CCCCC4)C3)[nH]c2c1. The second-order valence-corrected chi connectivity index (χ2v) is 9.83. The van der Waals surface area contributed by atoms with E-state index in [2.05, 4.69) is 4.98 Å². The standard InChI is InChI=1S/C19H24N2O4S/c1-25-14-8-7-13-9-18(20-17(13)10-14)19(22)21-11-16(12-21)26(23,24)15-5-3-2-4-6-15/h7-10,15-16,20H,2-6,11-12H2,1H3. The summed E-state index contributed by atoms with van der Waals surface area (Å²) in [6.07, 6.45) is 4.68. The Balaban J connectivity index is 1.44. The van der Waals surface area contributed by atoms with Gasteiger partial charge in [-0.2, -0.15) is 0 Å². The molecule has 2 heterocycles. The van der Waals surface area contributed by atoms with Crippen LogP contribution in [0.25, 0.3) is 10.9 Å². The maximum Gasteiger partial charge on any atom is 0.270 e. The second-order valence-electron chi connectivity index (χ2n) is 7.32. The predicted octanol–water partition coefficient (Wildman–Crippen LogP) is 2.75. The van der Waals surface area contributed by atoms with Gasteiger partial charge in [0.2, 0.25) is 0 Å². The fraction of sp³-hybridized carbons (Fsp3) is 0.526. The zero-order chi connectivity index (χ0) is 18.3. The molecule has 1 saturated heterocycles. The van der Waals surface area contributed by atoms with Gasteiger partial charge >= 0.3 is 0 Å². The Morgan fingerprint density at radius 2 is 1.85 bits per heavy atom. The number of aromatic nitrogens is 1. The molecule has 1 aliphatic heterocycles. The van der Waals surface area contributed by atoms with Gasteiger partial charge in [-0.25, -0.2) is 8.42 Å². The van der Waals surface area contributed by atoms with Gasteiger partial charge in [0.15, 0.2) is 9.84 Å². The van der Waals surface area contributed by atoms with Crippen molar-refractivity contribution in [3.05, 3.63) is 30.0 Å². The molecule has 2 fully saturated rings. The van der Waals surface area contributed by atoms with E-state index in [1.807, 2.05) is 18.2 Å². The molecule has 0 radical (unpaired) electrons. The van der Waals surface area contributed by atoms with E-state index in [1.54, 1.807) is 18.1 Å². The van der Waals surface area contributed by atoms with Crippen LogP contribution < -0.4 is 4.74 Å². The lowest BCUT2D eigenvalue weighted by Crippen LogP contribution is -2.58. The van der Waals surface area contributed by atoms with Gasteiger partial charge in [0, 0.05) is 30.1 Å². The number of nitrogens with zero attached hydrogens (tertiary/aromatic N) is 1. The van der Waals surface area contributed by atoms with Crippen LogP contribution in [0.15, 0.2) is 24.3 Å². The lowest BCUT2D eigenvalue weighted by molar-refractivity contribution is 0.0653. The highest BCUT2D eigenvalue weighted by atomic mass is 32.2. The minimum Gasteiger partial charge on any atom is -0.497 e. The van der Waals surface area contributed by atoms with Gasteiger partial charge in [-0.15, -0.1) is 0 Å². The Morgan fingerprint density at radius 3 is 2.54 bits per heavy atom. The first-order valence-electron chi connectivity index (χ1n) is 9.18. The summed E-state index contributed by atoms with van der Waals surface area (Å²) in [5.74, 6) is 0.580. The number of aromatic amines is 1. The lowest BCUT2D eigenvalue weighted by Gasteiger charge is -2.40. The van der Waals surface area contributed by atoms with E-state index < -0.39 is 15.1 Å². The summed E-state index contributed by atoms with van der Waals surface area (Å²) in [5.41, 5.74) is 1.32. The van der Waals surface area contributed by atoms with Crippen LogP contribution >= 0.6 is 0 Å². The molecule has 2 aliphatic rings. The van der Waals surface area contributed by atoms with Crippen molar-refractivity contribution in [2.45, 2.75) is 42.6 Å². The fourth-order valence-electron chi connectivity index (χ4n) is 4.00. The van der Waals surface area contributed by atoms with Crippen molar-refractivity contribution in [1.29, 1.82) is 0 Å². The molecule has 140 valence electrons. The molecule has 1 saturated carbocycles. The number of amides is 1. The van der Waals surface area contributed by atoms with Crippen LogP contribution in [0.1, 0.15) is 42.6 Å². The minimum absolute atomic E-state index is 0.143. The zero-order valence-electron chi connectivity index (χ0n) is 14.9. The molecule has 1 amide bonds. The van der Waals surface area contributed by atoms with Crippen LogP contribution in [0.3, 0.4) is 0 Å². The Labute approximate surface area is 153 Å². The number of likely N-dealkylation sites (tertiary alicyclic amines) is 1. The molecule has 1 aromatic heterocycles. The van der Waals surface area contributed by atoms with Gasteiger partial charge in [-0.05, 0) is 31.0 Å². The molecule has 1 aromatic carbocycles. The Kier molecular flexibility index (Phi) is 4.42. The molecular formula is C19H24N2O4S.